The second kappa shape index (κ2) is 3.75. The molecule has 84 valence electrons. The Morgan fingerprint density at radius 2 is 1.24 bits per heavy atom. The van der Waals surface area contributed by atoms with Gasteiger partial charge in [-0.2, -0.15) is 0 Å². The van der Waals surface area contributed by atoms with E-state index in [1.807, 2.05) is 12.1 Å². The smallest absolute Gasteiger partial charge is 0.171 e. The van der Waals surface area contributed by atoms with Crippen LogP contribution in [0.2, 0.25) is 0 Å². The molecular weight excluding hydrogens is 348 g/mol. The summed E-state index contributed by atoms with van der Waals surface area (Å²) in [4.78, 5) is 23.3. The minimum Gasteiger partial charge on any atom is -0.294 e. The Bertz CT molecular complexity index is 631. The van der Waals surface area contributed by atoms with Gasteiger partial charge in [0.05, 0.1) is 6.42 Å². The lowest BCUT2D eigenvalue weighted by Gasteiger charge is -2.06. The third-order valence-corrected chi connectivity index (χ3v) is 4.35. The van der Waals surface area contributed by atoms with Gasteiger partial charge in [0.25, 0.3) is 0 Å². The van der Waals surface area contributed by atoms with E-state index in [1.165, 1.54) is 0 Å². The van der Waals surface area contributed by atoms with Crippen molar-refractivity contribution in [3.05, 3.63) is 44.3 Å². The number of Topliss-reactive ketones (excluding diaryl/α,β-unsaturated/α-hetero) is 2. The topological polar surface area (TPSA) is 34.1 Å². The van der Waals surface area contributed by atoms with Crippen LogP contribution < -0.4 is 0 Å². The average Bonchev–Trinajstić information content (AvgIpc) is 2.58. The van der Waals surface area contributed by atoms with Crippen molar-refractivity contribution in [2.75, 3.05) is 0 Å². The molecule has 1 aliphatic carbocycles. The third kappa shape index (κ3) is 1.58. The molecule has 0 N–H and O–H groups in total. The summed E-state index contributed by atoms with van der Waals surface area (Å²) < 4.78 is 1.84. The summed E-state index contributed by atoms with van der Waals surface area (Å²) in [6.45, 7) is 0. The van der Waals surface area contributed by atoms with Crippen molar-refractivity contribution in [1.29, 1.82) is 0 Å². The van der Waals surface area contributed by atoms with Gasteiger partial charge < -0.3 is 0 Å². The molecule has 0 saturated heterocycles. The van der Waals surface area contributed by atoms with Crippen molar-refractivity contribution in [1.82, 2.24) is 0 Å². The number of ketones is 2. The van der Waals surface area contributed by atoms with E-state index in [9.17, 15) is 9.59 Å². The summed E-state index contributed by atoms with van der Waals surface area (Å²) in [6, 6.07) is 7.43. The Morgan fingerprint density at radius 3 is 1.65 bits per heavy atom. The van der Waals surface area contributed by atoms with Crippen molar-refractivity contribution in [3.63, 3.8) is 0 Å². The maximum Gasteiger partial charge on any atom is 0.171 e. The standard InChI is InChI=1S/C13H6Br2O2/c14-10-1-2-11(15)7-4-9-8(3-6(7)10)12(16)5-13(9)17/h1-4H,5H2. The van der Waals surface area contributed by atoms with Crippen LogP contribution in [0.15, 0.2) is 33.2 Å². The molecule has 0 radical (unpaired) electrons. The fourth-order valence-electron chi connectivity index (χ4n) is 2.12. The first-order valence-corrected chi connectivity index (χ1v) is 6.64. The van der Waals surface area contributed by atoms with Crippen LogP contribution in [-0.2, 0) is 0 Å². The van der Waals surface area contributed by atoms with Crippen molar-refractivity contribution < 1.29 is 9.59 Å². The highest BCUT2D eigenvalue weighted by Gasteiger charge is 2.28. The van der Waals surface area contributed by atoms with Crippen LogP contribution in [0.3, 0.4) is 0 Å². The molecule has 0 saturated carbocycles. The molecular formula is C13H6Br2O2. The fourth-order valence-corrected chi connectivity index (χ4v) is 3.04. The predicted octanol–water partition coefficient (Wildman–Crippen LogP) is 4.13. The molecule has 0 aliphatic heterocycles. The number of benzene rings is 2. The molecule has 0 amide bonds. The molecule has 0 bridgehead atoms. The first kappa shape index (κ1) is 11.1. The van der Waals surface area contributed by atoms with Crippen LogP contribution in [0.1, 0.15) is 27.1 Å². The molecule has 0 heterocycles. The van der Waals surface area contributed by atoms with Crippen LogP contribution in [0.5, 0.6) is 0 Å². The Balaban J connectivity index is 2.47. The zero-order chi connectivity index (χ0) is 12.2. The monoisotopic (exact) mass is 352 g/mol. The zero-order valence-electron chi connectivity index (χ0n) is 8.59. The summed E-state index contributed by atoms with van der Waals surface area (Å²) in [6.07, 6.45) is 0.000886. The molecule has 3 rings (SSSR count). The Kier molecular flexibility index (Phi) is 2.45. The summed E-state index contributed by atoms with van der Waals surface area (Å²) in [5.41, 5.74) is 1.09. The quantitative estimate of drug-likeness (QED) is 0.667. The normalized spacial score (nSPS) is 14.5. The van der Waals surface area contributed by atoms with Crippen LogP contribution in [0.4, 0.5) is 0 Å². The third-order valence-electron chi connectivity index (χ3n) is 2.97. The van der Waals surface area contributed by atoms with Gasteiger partial charge in [-0.15, -0.1) is 0 Å². The van der Waals surface area contributed by atoms with E-state index in [0.29, 0.717) is 11.1 Å². The van der Waals surface area contributed by atoms with Crippen molar-refractivity contribution >= 4 is 54.2 Å². The highest BCUT2D eigenvalue weighted by atomic mass is 79.9. The number of fused-ring (bicyclic) bond motifs is 2. The van der Waals surface area contributed by atoms with Crippen LogP contribution in [0.25, 0.3) is 10.8 Å². The van der Waals surface area contributed by atoms with Gasteiger partial charge in [0.15, 0.2) is 11.6 Å². The van der Waals surface area contributed by atoms with Gasteiger partial charge in [-0.1, -0.05) is 31.9 Å². The lowest BCUT2D eigenvalue weighted by atomic mass is 10.0. The summed E-state index contributed by atoms with van der Waals surface area (Å²) in [7, 11) is 0. The summed E-state index contributed by atoms with van der Waals surface area (Å²) >= 11 is 6.91. The number of carbonyl (C=O) groups excluding carboxylic acids is 2. The molecule has 2 nitrogen and oxygen atoms in total. The van der Waals surface area contributed by atoms with E-state index < -0.39 is 0 Å². The number of rotatable bonds is 0. The molecule has 4 heteroatoms. The van der Waals surface area contributed by atoms with Crippen LogP contribution >= 0.6 is 31.9 Å². The van der Waals surface area contributed by atoms with Crippen molar-refractivity contribution in [2.24, 2.45) is 0 Å². The zero-order valence-corrected chi connectivity index (χ0v) is 11.8. The minimum absolute atomic E-state index is 0.000886. The highest BCUT2D eigenvalue weighted by molar-refractivity contribution is 9.11. The highest BCUT2D eigenvalue weighted by Crippen LogP contribution is 2.35. The van der Waals surface area contributed by atoms with Gasteiger partial charge in [0.1, 0.15) is 0 Å². The van der Waals surface area contributed by atoms with Gasteiger partial charge >= 0.3 is 0 Å². The summed E-state index contributed by atoms with van der Waals surface area (Å²) in [5, 5.41) is 1.89. The summed E-state index contributed by atoms with van der Waals surface area (Å²) in [5.74, 6) is -0.169. The van der Waals surface area contributed by atoms with E-state index in [1.54, 1.807) is 12.1 Å². The molecule has 0 atom stereocenters. The SMILES string of the molecule is O=C1CC(=O)c2cc3c(Br)ccc(Br)c3cc21. The van der Waals surface area contributed by atoms with Crippen molar-refractivity contribution in [2.45, 2.75) is 6.42 Å². The van der Waals surface area contributed by atoms with Crippen LogP contribution in [-0.4, -0.2) is 11.6 Å². The van der Waals surface area contributed by atoms with Crippen molar-refractivity contribution in [3.8, 4) is 0 Å². The van der Waals surface area contributed by atoms with E-state index in [2.05, 4.69) is 31.9 Å². The van der Waals surface area contributed by atoms with Gasteiger partial charge in [0.2, 0.25) is 0 Å². The van der Waals surface area contributed by atoms with E-state index in [0.717, 1.165) is 19.7 Å². The van der Waals surface area contributed by atoms with E-state index in [4.69, 9.17) is 0 Å². The van der Waals surface area contributed by atoms with Gasteiger partial charge in [-0.05, 0) is 35.0 Å². The van der Waals surface area contributed by atoms with E-state index in [-0.39, 0.29) is 18.0 Å². The average molecular weight is 354 g/mol. The Hall–Kier alpha value is -1.00. The molecule has 0 fully saturated rings. The lowest BCUT2D eigenvalue weighted by molar-refractivity contribution is 0.0923. The second-order valence-corrected chi connectivity index (χ2v) is 5.70. The first-order valence-electron chi connectivity index (χ1n) is 5.06. The van der Waals surface area contributed by atoms with Gasteiger partial charge in [-0.3, -0.25) is 9.59 Å². The molecule has 1 aliphatic rings. The lowest BCUT2D eigenvalue weighted by Crippen LogP contribution is -1.91. The minimum atomic E-state index is -0.0845. The Morgan fingerprint density at radius 1 is 0.824 bits per heavy atom. The molecule has 0 spiro atoms. The number of hydrogen-bond donors (Lipinski definition) is 0. The van der Waals surface area contributed by atoms with E-state index >= 15 is 0 Å². The number of hydrogen-bond acceptors (Lipinski definition) is 2. The molecule has 2 aromatic rings. The van der Waals surface area contributed by atoms with Crippen LogP contribution in [0, 0.1) is 0 Å². The first-order chi connectivity index (χ1) is 8.08. The predicted molar refractivity (Wildman–Crippen MR) is 72.6 cm³/mol. The largest absolute Gasteiger partial charge is 0.294 e. The number of carbonyl (C=O) groups is 2. The molecule has 0 aromatic heterocycles. The number of halogens is 2. The van der Waals surface area contributed by atoms with Gasteiger partial charge in [-0.25, -0.2) is 0 Å². The van der Waals surface area contributed by atoms with Gasteiger partial charge in [0, 0.05) is 20.1 Å². The molecule has 2 aromatic carbocycles. The Labute approximate surface area is 114 Å². The molecule has 0 unspecified atom stereocenters. The maximum absolute atomic E-state index is 11.7. The maximum atomic E-state index is 11.7. The second-order valence-electron chi connectivity index (χ2n) is 4.00. The molecule has 17 heavy (non-hydrogen) atoms. The fraction of sp³-hybridized carbons (Fsp3) is 0.0769.